The molecule has 9 nitrogen and oxygen atoms in total. The van der Waals surface area contributed by atoms with Crippen LogP contribution in [0, 0.1) is 0 Å². The Morgan fingerprint density at radius 2 is 1.57 bits per heavy atom. The monoisotopic (exact) mass is 387 g/mol. The Labute approximate surface area is 161 Å². The second-order valence-corrected chi connectivity index (χ2v) is 5.32. The highest BCUT2D eigenvalue weighted by Gasteiger charge is 2.15. The number of carboxylic acid groups (broad SMARTS) is 1. The maximum atomic E-state index is 12.3. The van der Waals surface area contributed by atoms with E-state index in [-0.39, 0.29) is 28.2 Å². The number of nitrogens with zero attached hydrogens (tertiary/aromatic N) is 1. The van der Waals surface area contributed by atoms with Crippen molar-refractivity contribution in [2.45, 2.75) is 0 Å². The first kappa shape index (κ1) is 20.6. The van der Waals surface area contributed by atoms with Crippen LogP contribution in [-0.2, 0) is 0 Å². The van der Waals surface area contributed by atoms with Crippen LogP contribution < -0.4 is 29.5 Å². The van der Waals surface area contributed by atoms with Crippen molar-refractivity contribution in [1.82, 2.24) is 5.43 Å². The molecule has 0 unspecified atom stereocenters. The van der Waals surface area contributed by atoms with Gasteiger partial charge in [-0.3, -0.25) is 4.79 Å². The fraction of sp³-hybridized carbons (Fsp3) is 0.211. The molecule has 9 heteroatoms. The van der Waals surface area contributed by atoms with Gasteiger partial charge in [0.05, 0.1) is 46.2 Å². The minimum Gasteiger partial charge on any atom is -0.545 e. The zero-order chi connectivity index (χ0) is 20.7. The number of benzene rings is 2. The van der Waals surface area contributed by atoms with Crippen LogP contribution in [0.4, 0.5) is 0 Å². The summed E-state index contributed by atoms with van der Waals surface area (Å²) >= 11 is 0. The van der Waals surface area contributed by atoms with Gasteiger partial charge < -0.3 is 28.8 Å². The van der Waals surface area contributed by atoms with Crippen LogP contribution in [0.2, 0.25) is 0 Å². The Kier molecular flexibility index (Phi) is 6.80. The molecule has 2 aromatic rings. The average molecular weight is 387 g/mol. The van der Waals surface area contributed by atoms with E-state index >= 15 is 0 Å². The number of carbonyl (C=O) groups excluding carboxylic acids is 2. The van der Waals surface area contributed by atoms with E-state index in [1.165, 1.54) is 58.9 Å². The SMILES string of the molecule is COc1ccc(C(=O)NN=Cc2ccc(OC)c(OC)c2C(=O)[O-])cc1OC. The van der Waals surface area contributed by atoms with E-state index in [1.807, 2.05) is 0 Å². The van der Waals surface area contributed by atoms with Gasteiger partial charge in [0.25, 0.3) is 5.91 Å². The summed E-state index contributed by atoms with van der Waals surface area (Å²) in [6.45, 7) is 0. The van der Waals surface area contributed by atoms with Gasteiger partial charge in [-0.15, -0.1) is 0 Å². The first-order chi connectivity index (χ1) is 13.5. The number of nitrogens with one attached hydrogen (secondary N) is 1. The van der Waals surface area contributed by atoms with Gasteiger partial charge >= 0.3 is 0 Å². The standard InChI is InChI=1S/C19H20N2O7/c1-25-13-7-5-11(9-15(13)27-3)18(22)21-20-10-12-6-8-14(26-2)17(28-4)16(12)19(23)24/h5-10H,1-4H3,(H,21,22)(H,23,24)/p-1. The number of carbonyl (C=O) groups is 2. The first-order valence-corrected chi connectivity index (χ1v) is 7.98. The molecule has 0 aliphatic heterocycles. The van der Waals surface area contributed by atoms with Crippen molar-refractivity contribution in [3.05, 3.63) is 47.0 Å². The minimum atomic E-state index is -1.47. The predicted molar refractivity (Wildman–Crippen MR) is 98.5 cm³/mol. The van der Waals surface area contributed by atoms with E-state index in [1.54, 1.807) is 6.07 Å². The van der Waals surface area contributed by atoms with Crippen LogP contribution in [0.3, 0.4) is 0 Å². The smallest absolute Gasteiger partial charge is 0.271 e. The van der Waals surface area contributed by atoms with Crippen LogP contribution in [0.1, 0.15) is 26.3 Å². The van der Waals surface area contributed by atoms with Crippen molar-refractivity contribution in [1.29, 1.82) is 0 Å². The first-order valence-electron chi connectivity index (χ1n) is 7.98. The Balaban J connectivity index is 2.25. The summed E-state index contributed by atoms with van der Waals surface area (Å²) in [4.78, 5) is 23.7. The topological polar surface area (TPSA) is 119 Å². The fourth-order valence-corrected chi connectivity index (χ4v) is 2.46. The number of aromatic carboxylic acids is 1. The highest BCUT2D eigenvalue weighted by molar-refractivity contribution is 6.01. The number of ether oxygens (including phenoxy) is 4. The van der Waals surface area contributed by atoms with Crippen molar-refractivity contribution in [2.24, 2.45) is 5.10 Å². The summed E-state index contributed by atoms with van der Waals surface area (Å²) in [6, 6.07) is 7.59. The number of rotatable bonds is 8. The minimum absolute atomic E-state index is 0.00216. The van der Waals surface area contributed by atoms with Gasteiger partial charge in [0, 0.05) is 11.1 Å². The molecular formula is C19H19N2O7-. The van der Waals surface area contributed by atoms with E-state index in [2.05, 4.69) is 10.5 Å². The molecule has 2 rings (SSSR count). The van der Waals surface area contributed by atoms with Gasteiger partial charge in [-0.25, -0.2) is 5.43 Å². The summed E-state index contributed by atoms with van der Waals surface area (Å²) in [5, 5.41) is 15.3. The Morgan fingerprint density at radius 3 is 2.14 bits per heavy atom. The molecule has 0 saturated carbocycles. The molecular weight excluding hydrogens is 368 g/mol. The molecule has 0 fully saturated rings. The molecule has 1 N–H and O–H groups in total. The van der Waals surface area contributed by atoms with Crippen molar-refractivity contribution in [3.8, 4) is 23.0 Å². The fourth-order valence-electron chi connectivity index (χ4n) is 2.46. The van der Waals surface area contributed by atoms with Crippen LogP contribution in [0.25, 0.3) is 0 Å². The molecule has 28 heavy (non-hydrogen) atoms. The van der Waals surface area contributed by atoms with E-state index < -0.39 is 11.9 Å². The molecule has 0 aromatic heterocycles. The van der Waals surface area contributed by atoms with Crippen molar-refractivity contribution >= 4 is 18.1 Å². The normalized spacial score (nSPS) is 10.4. The highest BCUT2D eigenvalue weighted by Crippen LogP contribution is 2.32. The third-order valence-corrected chi connectivity index (χ3v) is 3.80. The maximum Gasteiger partial charge on any atom is 0.271 e. The maximum absolute atomic E-state index is 12.3. The van der Waals surface area contributed by atoms with Crippen LogP contribution in [0.5, 0.6) is 23.0 Å². The number of hydrogen-bond acceptors (Lipinski definition) is 8. The Hall–Kier alpha value is -3.75. The lowest BCUT2D eigenvalue weighted by Crippen LogP contribution is -2.25. The van der Waals surface area contributed by atoms with Crippen molar-refractivity contribution in [3.63, 3.8) is 0 Å². The molecule has 0 saturated heterocycles. The lowest BCUT2D eigenvalue weighted by Gasteiger charge is -2.15. The molecule has 0 atom stereocenters. The zero-order valence-electron chi connectivity index (χ0n) is 15.8. The summed E-state index contributed by atoms with van der Waals surface area (Å²) in [5.41, 5.74) is 2.52. The van der Waals surface area contributed by atoms with Crippen molar-refractivity contribution in [2.75, 3.05) is 28.4 Å². The van der Waals surface area contributed by atoms with Gasteiger partial charge in [-0.1, -0.05) is 0 Å². The molecule has 0 spiro atoms. The Bertz CT molecular complexity index is 909. The van der Waals surface area contributed by atoms with E-state index in [0.29, 0.717) is 11.5 Å². The van der Waals surface area contributed by atoms with E-state index in [9.17, 15) is 14.7 Å². The molecule has 0 heterocycles. The number of hydrogen-bond donors (Lipinski definition) is 1. The van der Waals surface area contributed by atoms with Crippen LogP contribution in [0.15, 0.2) is 35.4 Å². The molecule has 148 valence electrons. The molecule has 0 bridgehead atoms. The average Bonchev–Trinajstić information content (AvgIpc) is 2.72. The highest BCUT2D eigenvalue weighted by atomic mass is 16.5. The van der Waals surface area contributed by atoms with Gasteiger partial charge in [0.2, 0.25) is 0 Å². The van der Waals surface area contributed by atoms with Gasteiger partial charge in [0.15, 0.2) is 23.0 Å². The number of hydrazone groups is 1. The summed E-state index contributed by atoms with van der Waals surface area (Å²) < 4.78 is 20.4. The summed E-state index contributed by atoms with van der Waals surface area (Å²) in [5.74, 6) is -0.897. The third-order valence-electron chi connectivity index (χ3n) is 3.80. The van der Waals surface area contributed by atoms with E-state index in [4.69, 9.17) is 18.9 Å². The summed E-state index contributed by atoms with van der Waals surface area (Å²) in [7, 11) is 5.63. The summed E-state index contributed by atoms with van der Waals surface area (Å²) in [6.07, 6.45) is 1.17. The third kappa shape index (κ3) is 4.32. The number of carboxylic acids is 1. The van der Waals surface area contributed by atoms with Gasteiger partial charge in [-0.05, 0) is 30.3 Å². The lowest BCUT2D eigenvalue weighted by atomic mass is 10.1. The quantitative estimate of drug-likeness (QED) is 0.527. The van der Waals surface area contributed by atoms with E-state index in [0.717, 1.165) is 0 Å². The molecule has 2 aromatic carbocycles. The largest absolute Gasteiger partial charge is 0.545 e. The second-order valence-electron chi connectivity index (χ2n) is 5.32. The van der Waals surface area contributed by atoms with Gasteiger partial charge in [0.1, 0.15) is 0 Å². The van der Waals surface area contributed by atoms with Crippen LogP contribution >= 0.6 is 0 Å². The molecule has 0 aliphatic carbocycles. The molecule has 0 radical (unpaired) electrons. The second kappa shape index (κ2) is 9.26. The van der Waals surface area contributed by atoms with Gasteiger partial charge in [-0.2, -0.15) is 5.10 Å². The lowest BCUT2D eigenvalue weighted by molar-refractivity contribution is -0.255. The number of methoxy groups -OCH3 is 4. The van der Waals surface area contributed by atoms with Crippen molar-refractivity contribution < 1.29 is 33.6 Å². The number of amides is 1. The molecule has 0 aliphatic rings. The zero-order valence-corrected chi connectivity index (χ0v) is 15.8. The Morgan fingerprint density at radius 1 is 0.929 bits per heavy atom. The molecule has 1 amide bonds. The van der Waals surface area contributed by atoms with Crippen LogP contribution in [-0.4, -0.2) is 46.5 Å². The predicted octanol–water partition coefficient (Wildman–Crippen LogP) is 0.848.